The van der Waals surface area contributed by atoms with E-state index >= 15 is 0 Å². The van der Waals surface area contributed by atoms with Crippen LogP contribution in [0.3, 0.4) is 0 Å². The Morgan fingerprint density at radius 3 is 2.82 bits per heavy atom. The highest BCUT2D eigenvalue weighted by Crippen LogP contribution is 2.28. The highest BCUT2D eigenvalue weighted by atomic mass is 32.2. The molecule has 0 aromatic heterocycles. The predicted octanol–water partition coefficient (Wildman–Crippen LogP) is 0.505. The van der Waals surface area contributed by atoms with Crippen molar-refractivity contribution in [2.75, 3.05) is 18.2 Å². The summed E-state index contributed by atoms with van der Waals surface area (Å²) < 4.78 is 0. The first-order valence-electron chi connectivity index (χ1n) is 5.91. The minimum atomic E-state index is -0.900. The van der Waals surface area contributed by atoms with Crippen molar-refractivity contribution < 1.29 is 14.7 Å². The number of carbonyl (C=O) groups is 2. The number of thioether (sulfide) groups is 1. The van der Waals surface area contributed by atoms with E-state index in [4.69, 9.17) is 5.11 Å². The number of hydrogen-bond donors (Lipinski definition) is 2. The van der Waals surface area contributed by atoms with Crippen LogP contribution in [-0.4, -0.2) is 51.6 Å². The molecule has 2 aliphatic heterocycles. The summed E-state index contributed by atoms with van der Waals surface area (Å²) in [4.78, 5) is 25.0. The van der Waals surface area contributed by atoms with Crippen LogP contribution in [0.1, 0.15) is 26.2 Å². The predicted molar refractivity (Wildman–Crippen MR) is 65.9 cm³/mol. The molecule has 2 rings (SSSR count). The normalized spacial score (nSPS) is 33.7. The number of piperidine rings is 1. The molecule has 2 N–H and O–H groups in total. The topological polar surface area (TPSA) is 69.6 Å². The Balaban J connectivity index is 2.10. The maximum atomic E-state index is 12.4. The van der Waals surface area contributed by atoms with E-state index in [1.165, 1.54) is 16.7 Å². The maximum absolute atomic E-state index is 12.4. The molecule has 2 atom stereocenters. The van der Waals surface area contributed by atoms with Crippen LogP contribution in [-0.2, 0) is 9.59 Å². The fourth-order valence-electron chi connectivity index (χ4n) is 2.40. The van der Waals surface area contributed by atoms with Gasteiger partial charge in [0.15, 0.2) is 0 Å². The van der Waals surface area contributed by atoms with Gasteiger partial charge in [-0.15, -0.1) is 11.8 Å². The molecule has 0 radical (unpaired) electrons. The summed E-state index contributed by atoms with van der Waals surface area (Å²) in [6.07, 6.45) is 2.90. The maximum Gasteiger partial charge on any atom is 0.327 e. The molecule has 0 aromatic carbocycles. The summed E-state index contributed by atoms with van der Waals surface area (Å²) in [7, 11) is 0. The zero-order valence-corrected chi connectivity index (χ0v) is 10.8. The average Bonchev–Trinajstić information content (AvgIpc) is 2.77. The van der Waals surface area contributed by atoms with Crippen LogP contribution in [0, 0.1) is 0 Å². The van der Waals surface area contributed by atoms with Crippen LogP contribution in [0.25, 0.3) is 0 Å². The summed E-state index contributed by atoms with van der Waals surface area (Å²) in [5.74, 6) is 0.0295. The highest BCUT2D eigenvalue weighted by Gasteiger charge is 2.43. The molecule has 17 heavy (non-hydrogen) atoms. The summed E-state index contributed by atoms with van der Waals surface area (Å²) in [5.41, 5.74) is -0.573. The fourth-order valence-corrected chi connectivity index (χ4v) is 3.55. The number of hydrogen-bond acceptors (Lipinski definition) is 4. The number of nitrogens with one attached hydrogen (secondary N) is 1. The van der Waals surface area contributed by atoms with E-state index in [1.807, 2.05) is 6.92 Å². The van der Waals surface area contributed by atoms with Crippen molar-refractivity contribution in [1.82, 2.24) is 10.2 Å². The molecule has 0 bridgehead atoms. The molecule has 0 saturated carbocycles. The Kier molecular flexibility index (Phi) is 3.63. The fraction of sp³-hybridized carbons (Fsp3) is 0.818. The van der Waals surface area contributed by atoms with Crippen LogP contribution < -0.4 is 5.32 Å². The number of carboxylic acid groups (broad SMARTS) is 1. The van der Waals surface area contributed by atoms with Gasteiger partial charge in [-0.3, -0.25) is 4.79 Å². The molecule has 0 spiro atoms. The van der Waals surface area contributed by atoms with Crippen molar-refractivity contribution >= 4 is 23.6 Å². The van der Waals surface area contributed by atoms with Gasteiger partial charge in [-0.1, -0.05) is 0 Å². The molecule has 2 aliphatic rings. The number of carbonyl (C=O) groups excluding carboxylic acids is 1. The Hall–Kier alpha value is -0.750. The van der Waals surface area contributed by atoms with Gasteiger partial charge in [-0.2, -0.15) is 0 Å². The number of carboxylic acids is 1. The highest BCUT2D eigenvalue weighted by molar-refractivity contribution is 7.99. The Morgan fingerprint density at radius 2 is 2.24 bits per heavy atom. The van der Waals surface area contributed by atoms with Gasteiger partial charge in [0.25, 0.3) is 0 Å². The monoisotopic (exact) mass is 258 g/mol. The molecule has 2 heterocycles. The van der Waals surface area contributed by atoms with Gasteiger partial charge in [0.05, 0.1) is 11.4 Å². The van der Waals surface area contributed by atoms with Gasteiger partial charge >= 0.3 is 5.97 Å². The van der Waals surface area contributed by atoms with Crippen molar-refractivity contribution in [3.63, 3.8) is 0 Å². The SMILES string of the molecule is CC1(C(=O)N2CSC[C@H]2C(=O)O)CCCCN1. The van der Waals surface area contributed by atoms with E-state index in [-0.39, 0.29) is 5.91 Å². The third kappa shape index (κ3) is 2.42. The number of aliphatic carboxylic acids is 1. The van der Waals surface area contributed by atoms with Crippen molar-refractivity contribution in [1.29, 1.82) is 0 Å². The Bertz CT molecular complexity index is 329. The van der Waals surface area contributed by atoms with Crippen molar-refractivity contribution in [2.24, 2.45) is 0 Å². The van der Waals surface area contributed by atoms with Crippen LogP contribution in [0.15, 0.2) is 0 Å². The van der Waals surface area contributed by atoms with E-state index in [0.29, 0.717) is 11.6 Å². The van der Waals surface area contributed by atoms with Gasteiger partial charge < -0.3 is 15.3 Å². The van der Waals surface area contributed by atoms with E-state index in [0.717, 1.165) is 25.8 Å². The minimum Gasteiger partial charge on any atom is -0.480 e. The van der Waals surface area contributed by atoms with Gasteiger partial charge in [-0.25, -0.2) is 4.79 Å². The van der Waals surface area contributed by atoms with E-state index in [2.05, 4.69) is 5.32 Å². The zero-order chi connectivity index (χ0) is 12.5. The van der Waals surface area contributed by atoms with Crippen molar-refractivity contribution in [2.45, 2.75) is 37.8 Å². The van der Waals surface area contributed by atoms with Crippen molar-refractivity contribution in [3.05, 3.63) is 0 Å². The smallest absolute Gasteiger partial charge is 0.327 e. The molecule has 1 unspecified atom stereocenters. The summed E-state index contributed by atoms with van der Waals surface area (Å²) in [6.45, 7) is 2.72. The standard InChI is InChI=1S/C11H18N2O3S/c1-11(4-2-3-5-12-11)10(16)13-7-17-6-8(13)9(14)15/h8,12H,2-7H2,1H3,(H,14,15)/t8-,11?/m0/s1. The number of nitrogens with zero attached hydrogens (tertiary/aromatic N) is 1. The van der Waals surface area contributed by atoms with E-state index in [9.17, 15) is 9.59 Å². The lowest BCUT2D eigenvalue weighted by Crippen LogP contribution is -2.59. The summed E-state index contributed by atoms with van der Waals surface area (Å²) >= 11 is 1.51. The largest absolute Gasteiger partial charge is 0.480 e. The first-order valence-corrected chi connectivity index (χ1v) is 7.07. The van der Waals surface area contributed by atoms with Crippen LogP contribution in [0.2, 0.25) is 0 Å². The average molecular weight is 258 g/mol. The third-order valence-electron chi connectivity index (χ3n) is 3.52. The van der Waals surface area contributed by atoms with Crippen molar-refractivity contribution in [3.8, 4) is 0 Å². The Morgan fingerprint density at radius 1 is 1.47 bits per heavy atom. The molecule has 96 valence electrons. The second kappa shape index (κ2) is 4.86. The molecular formula is C11H18N2O3S. The summed E-state index contributed by atoms with van der Waals surface area (Å²) in [6, 6.07) is -0.659. The quantitative estimate of drug-likeness (QED) is 0.755. The first-order chi connectivity index (χ1) is 8.04. The second-order valence-corrected chi connectivity index (χ2v) is 5.84. The second-order valence-electron chi connectivity index (χ2n) is 4.84. The van der Waals surface area contributed by atoms with Crippen LogP contribution in [0.4, 0.5) is 0 Å². The van der Waals surface area contributed by atoms with Gasteiger partial charge in [0, 0.05) is 5.75 Å². The molecule has 6 heteroatoms. The lowest BCUT2D eigenvalue weighted by atomic mass is 9.89. The van der Waals surface area contributed by atoms with Crippen LogP contribution in [0.5, 0.6) is 0 Å². The molecule has 0 aromatic rings. The summed E-state index contributed by atoms with van der Waals surface area (Å²) in [5, 5.41) is 12.3. The minimum absolute atomic E-state index is 0.0606. The molecule has 1 amide bonds. The lowest BCUT2D eigenvalue weighted by Gasteiger charge is -2.37. The molecule has 5 nitrogen and oxygen atoms in total. The molecular weight excluding hydrogens is 240 g/mol. The molecule has 2 saturated heterocycles. The first kappa shape index (κ1) is 12.7. The van der Waals surface area contributed by atoms with Gasteiger partial charge in [0.2, 0.25) is 5.91 Å². The van der Waals surface area contributed by atoms with Gasteiger partial charge in [0.1, 0.15) is 6.04 Å². The third-order valence-corrected chi connectivity index (χ3v) is 4.53. The number of amides is 1. The zero-order valence-electron chi connectivity index (χ0n) is 9.94. The van der Waals surface area contributed by atoms with E-state index in [1.54, 1.807) is 0 Å². The van der Waals surface area contributed by atoms with Gasteiger partial charge in [-0.05, 0) is 32.7 Å². The van der Waals surface area contributed by atoms with Crippen LogP contribution >= 0.6 is 11.8 Å². The Labute approximate surface area is 105 Å². The molecule has 0 aliphatic carbocycles. The van der Waals surface area contributed by atoms with E-state index < -0.39 is 17.6 Å². The number of rotatable bonds is 2. The molecule has 2 fully saturated rings. The lowest BCUT2D eigenvalue weighted by molar-refractivity contribution is -0.150.